The molecule has 0 aliphatic carbocycles. The number of carboxylic acid groups (broad SMARTS) is 1. The highest BCUT2D eigenvalue weighted by molar-refractivity contribution is 7.10. The van der Waals surface area contributed by atoms with Crippen LogP contribution < -0.4 is 9.47 Å². The van der Waals surface area contributed by atoms with Gasteiger partial charge in [-0.1, -0.05) is 38.5 Å². The van der Waals surface area contributed by atoms with Crippen molar-refractivity contribution in [2.24, 2.45) is 0 Å². The first kappa shape index (κ1) is 39.9. The maximum atomic E-state index is 14.9. The number of carboxylic acids is 1. The largest absolute Gasteiger partial charge is 0.493 e. The molecule has 0 saturated carbocycles. The molecule has 4 heterocycles. The molecule has 2 atom stereocenters. The molecule has 2 aliphatic rings. The predicted molar refractivity (Wildman–Crippen MR) is 183 cm³/mol. The lowest BCUT2D eigenvalue weighted by molar-refractivity contribution is -0.161. The molecule has 2 unspecified atom stereocenters. The van der Waals surface area contributed by atoms with Crippen molar-refractivity contribution in [2.45, 2.75) is 94.6 Å². The number of benzene rings is 1. The summed E-state index contributed by atoms with van der Waals surface area (Å²) < 4.78 is 95.5. The fourth-order valence-corrected chi connectivity index (χ4v) is 8.02. The minimum absolute atomic E-state index is 0.00710. The summed E-state index contributed by atoms with van der Waals surface area (Å²) in [7, 11) is 0. The number of aliphatic carboxylic acids is 1. The van der Waals surface area contributed by atoms with E-state index >= 15 is 0 Å². The number of hydrogen-bond donors (Lipinski definition) is 1. The van der Waals surface area contributed by atoms with Gasteiger partial charge in [0.25, 0.3) is 11.8 Å². The number of nitrogens with zero attached hydrogens (tertiary/aromatic N) is 3. The summed E-state index contributed by atoms with van der Waals surface area (Å²) in [4.78, 5) is 45.5. The summed E-state index contributed by atoms with van der Waals surface area (Å²) in [5.41, 5.74) is -3.40. The summed E-state index contributed by atoms with van der Waals surface area (Å²) in [6, 6.07) is 7.76. The van der Waals surface area contributed by atoms with Crippen molar-refractivity contribution >= 4 is 29.1 Å². The van der Waals surface area contributed by atoms with Crippen LogP contribution in [0.2, 0.25) is 0 Å². The number of rotatable bonds is 12. The molecular formula is C37H41F6N3O6S. The quantitative estimate of drug-likeness (QED) is 0.146. The molecular weight excluding hydrogens is 728 g/mol. The number of likely N-dealkylation sites (tertiary alicyclic amines) is 2. The molecule has 2 fully saturated rings. The van der Waals surface area contributed by atoms with Gasteiger partial charge in [-0.2, -0.15) is 26.3 Å². The van der Waals surface area contributed by atoms with Crippen molar-refractivity contribution in [1.29, 1.82) is 0 Å². The van der Waals surface area contributed by atoms with Gasteiger partial charge in [-0.05, 0) is 49.7 Å². The van der Waals surface area contributed by atoms with E-state index in [1.807, 2.05) is 19.1 Å². The van der Waals surface area contributed by atoms with E-state index in [0.29, 0.717) is 48.8 Å². The summed E-state index contributed by atoms with van der Waals surface area (Å²) in [6.07, 6.45) is -5.97. The minimum Gasteiger partial charge on any atom is -0.493 e. The molecule has 5 rings (SSSR count). The molecule has 9 nitrogen and oxygen atoms in total. The summed E-state index contributed by atoms with van der Waals surface area (Å²) in [6.45, 7) is 4.40. The number of amides is 2. The Hall–Kier alpha value is -4.34. The third-order valence-electron chi connectivity index (χ3n) is 10.0. The van der Waals surface area contributed by atoms with Crippen molar-refractivity contribution in [3.05, 3.63) is 75.7 Å². The number of thiophene rings is 1. The van der Waals surface area contributed by atoms with E-state index in [9.17, 15) is 40.7 Å². The number of piperidine rings is 2. The SMILES string of the molecule is CCCC1N(C(=O)c2cnccc2C(F)(F)F)CCCC1(Oc1csc(C(F)(F)F)c1)C(=O)N1CCC(C)(c2ccccc2OCCCC(=O)O)CC1. The first-order valence-corrected chi connectivity index (χ1v) is 18.3. The molecule has 53 heavy (non-hydrogen) atoms. The Bertz CT molecular complexity index is 1770. The number of alkyl halides is 6. The highest BCUT2D eigenvalue weighted by Gasteiger charge is 2.56. The van der Waals surface area contributed by atoms with Crippen LogP contribution >= 0.6 is 11.3 Å². The molecule has 0 radical (unpaired) electrons. The standard InChI is InChI=1S/C37H41F6N3O6S/c1-3-8-29-35(52-24-21-30(53-23-24)37(41,42)43,13-7-17-46(29)32(49)25-22-44-16-12-26(25)36(38,39)40)33(50)45-18-14-34(2,15-19-45)27-9-4-5-10-28(27)51-20-6-11-31(47)48/h4-5,9-10,12,16,21-23,29H,3,6-8,11,13-15,17-20H2,1-2H3,(H,47,48). The lowest BCUT2D eigenvalue weighted by atomic mass is 9.73. The Balaban J connectivity index is 1.48. The fraction of sp³-hybridized carbons (Fsp3) is 0.514. The molecule has 16 heteroatoms. The average molecular weight is 770 g/mol. The third-order valence-corrected chi connectivity index (χ3v) is 11.0. The topological polar surface area (TPSA) is 109 Å². The second kappa shape index (κ2) is 15.9. The van der Waals surface area contributed by atoms with E-state index in [0.717, 1.165) is 29.4 Å². The lowest BCUT2D eigenvalue weighted by Crippen LogP contribution is -2.68. The zero-order valence-electron chi connectivity index (χ0n) is 29.3. The highest BCUT2D eigenvalue weighted by atomic mass is 32.1. The van der Waals surface area contributed by atoms with Crippen LogP contribution in [0.15, 0.2) is 54.2 Å². The lowest BCUT2D eigenvalue weighted by Gasteiger charge is -2.51. The van der Waals surface area contributed by atoms with Gasteiger partial charge < -0.3 is 24.4 Å². The average Bonchev–Trinajstić information content (AvgIpc) is 3.60. The molecule has 2 amide bonds. The molecule has 288 valence electrons. The number of carbonyl (C=O) groups is 3. The van der Waals surface area contributed by atoms with Crippen LogP contribution in [0.3, 0.4) is 0 Å². The number of carbonyl (C=O) groups excluding carboxylic acids is 2. The van der Waals surface area contributed by atoms with Crippen molar-refractivity contribution in [3.8, 4) is 11.5 Å². The Labute approximate surface area is 306 Å². The zero-order chi connectivity index (χ0) is 38.6. The van der Waals surface area contributed by atoms with Crippen molar-refractivity contribution < 1.29 is 55.3 Å². The van der Waals surface area contributed by atoms with E-state index in [4.69, 9.17) is 14.6 Å². The molecule has 2 aliphatic heterocycles. The van der Waals surface area contributed by atoms with Crippen LogP contribution in [0.4, 0.5) is 26.3 Å². The summed E-state index contributed by atoms with van der Waals surface area (Å²) in [5, 5.41) is 10.1. The molecule has 3 aromatic rings. The van der Waals surface area contributed by atoms with Crippen molar-refractivity contribution in [1.82, 2.24) is 14.8 Å². The molecule has 2 saturated heterocycles. The fourth-order valence-electron chi connectivity index (χ4n) is 7.34. The van der Waals surface area contributed by atoms with Crippen LogP contribution in [0.1, 0.15) is 91.6 Å². The number of para-hydroxylation sites is 1. The van der Waals surface area contributed by atoms with E-state index in [1.165, 1.54) is 4.90 Å². The summed E-state index contributed by atoms with van der Waals surface area (Å²) in [5.74, 6) is -2.12. The Kier molecular flexibility index (Phi) is 12.0. The van der Waals surface area contributed by atoms with Gasteiger partial charge in [0.1, 0.15) is 16.4 Å². The van der Waals surface area contributed by atoms with Gasteiger partial charge in [-0.15, -0.1) is 11.3 Å². The van der Waals surface area contributed by atoms with Crippen LogP contribution in [0.5, 0.6) is 11.5 Å². The van der Waals surface area contributed by atoms with E-state index in [-0.39, 0.29) is 57.7 Å². The Morgan fingerprint density at radius 1 is 1.02 bits per heavy atom. The zero-order valence-corrected chi connectivity index (χ0v) is 30.1. The van der Waals surface area contributed by atoms with Gasteiger partial charge in [0.05, 0.1) is 23.8 Å². The van der Waals surface area contributed by atoms with Crippen LogP contribution in [0, 0.1) is 0 Å². The van der Waals surface area contributed by atoms with Crippen molar-refractivity contribution in [2.75, 3.05) is 26.2 Å². The van der Waals surface area contributed by atoms with Crippen molar-refractivity contribution in [3.63, 3.8) is 0 Å². The normalized spacial score (nSPS) is 20.6. The molecule has 1 aromatic carbocycles. The second-order valence-electron chi connectivity index (χ2n) is 13.7. The molecule has 2 aromatic heterocycles. The predicted octanol–water partition coefficient (Wildman–Crippen LogP) is 8.23. The number of hydrogen-bond acceptors (Lipinski definition) is 7. The van der Waals surface area contributed by atoms with Crippen LogP contribution in [0.25, 0.3) is 0 Å². The Morgan fingerprint density at radius 2 is 1.74 bits per heavy atom. The van der Waals surface area contributed by atoms with Gasteiger partial charge in [0, 0.05) is 61.9 Å². The Morgan fingerprint density at radius 3 is 2.38 bits per heavy atom. The maximum Gasteiger partial charge on any atom is 0.425 e. The number of halogens is 6. The number of pyridine rings is 1. The van der Waals surface area contributed by atoms with E-state index in [1.54, 1.807) is 24.0 Å². The van der Waals surface area contributed by atoms with Gasteiger partial charge in [0.2, 0.25) is 5.60 Å². The second-order valence-corrected chi connectivity index (χ2v) is 14.6. The summed E-state index contributed by atoms with van der Waals surface area (Å²) >= 11 is 0.392. The van der Waals surface area contributed by atoms with Crippen LogP contribution in [-0.4, -0.2) is 75.6 Å². The van der Waals surface area contributed by atoms with E-state index < -0.39 is 63.2 Å². The van der Waals surface area contributed by atoms with Gasteiger partial charge >= 0.3 is 18.3 Å². The van der Waals surface area contributed by atoms with Gasteiger partial charge in [0.15, 0.2) is 0 Å². The maximum absolute atomic E-state index is 14.9. The highest BCUT2D eigenvalue weighted by Crippen LogP contribution is 2.45. The van der Waals surface area contributed by atoms with Gasteiger partial charge in [-0.25, -0.2) is 0 Å². The smallest absolute Gasteiger partial charge is 0.425 e. The molecule has 1 N–H and O–H groups in total. The molecule has 0 spiro atoms. The minimum atomic E-state index is -4.87. The van der Waals surface area contributed by atoms with E-state index in [2.05, 4.69) is 4.98 Å². The van der Waals surface area contributed by atoms with Gasteiger partial charge in [-0.3, -0.25) is 19.4 Å². The monoisotopic (exact) mass is 769 g/mol. The number of aromatic nitrogens is 1. The first-order chi connectivity index (χ1) is 25.0. The third kappa shape index (κ3) is 8.73. The van der Waals surface area contributed by atoms with Crippen LogP contribution in [-0.2, 0) is 27.4 Å². The number of ether oxygens (including phenoxy) is 2. The first-order valence-electron chi connectivity index (χ1n) is 17.4. The molecule has 0 bridgehead atoms.